The molecule has 0 spiro atoms. The first-order valence-electron chi connectivity index (χ1n) is 6.05. The summed E-state index contributed by atoms with van der Waals surface area (Å²) < 4.78 is 5.29. The molecule has 0 heterocycles. The molecule has 0 saturated heterocycles. The third-order valence-corrected chi connectivity index (χ3v) is 3.15. The van der Waals surface area contributed by atoms with Crippen molar-refractivity contribution in [1.82, 2.24) is 10.6 Å². The Balaban J connectivity index is 2.83. The van der Waals surface area contributed by atoms with E-state index in [1.807, 2.05) is 45.0 Å². The van der Waals surface area contributed by atoms with Crippen LogP contribution in [0.25, 0.3) is 0 Å². The van der Waals surface area contributed by atoms with Crippen molar-refractivity contribution >= 4 is 5.91 Å². The molecule has 1 amide bonds. The summed E-state index contributed by atoms with van der Waals surface area (Å²) in [4.78, 5) is 12.1. The van der Waals surface area contributed by atoms with Gasteiger partial charge in [0.25, 0.3) is 0 Å². The molecular formula is C14H22N2O2. The second kappa shape index (κ2) is 5.87. The van der Waals surface area contributed by atoms with Crippen LogP contribution in [0, 0.1) is 0 Å². The van der Waals surface area contributed by atoms with Gasteiger partial charge in [-0.1, -0.05) is 18.2 Å². The Bertz CT molecular complexity index is 416. The van der Waals surface area contributed by atoms with E-state index in [9.17, 15) is 4.79 Å². The van der Waals surface area contributed by atoms with Gasteiger partial charge in [-0.05, 0) is 33.9 Å². The number of rotatable bonds is 5. The maximum absolute atomic E-state index is 12.1. The summed E-state index contributed by atoms with van der Waals surface area (Å²) in [5.74, 6) is 0.746. The molecule has 0 aliphatic rings. The lowest BCUT2D eigenvalue weighted by Crippen LogP contribution is -2.51. The number of ether oxygens (including phenoxy) is 1. The van der Waals surface area contributed by atoms with Crippen LogP contribution in [0.1, 0.15) is 32.4 Å². The van der Waals surface area contributed by atoms with E-state index in [1.165, 1.54) is 0 Å². The number of carbonyl (C=O) groups excluding carboxylic acids is 1. The lowest BCUT2D eigenvalue weighted by molar-refractivity contribution is -0.126. The van der Waals surface area contributed by atoms with Gasteiger partial charge in [0, 0.05) is 5.56 Å². The first kappa shape index (κ1) is 14.5. The molecule has 0 aromatic heterocycles. The predicted octanol–water partition coefficient (Wildman–Crippen LogP) is 1.87. The average Bonchev–Trinajstić information content (AvgIpc) is 2.38. The molecule has 0 saturated carbocycles. The van der Waals surface area contributed by atoms with Crippen LogP contribution >= 0.6 is 0 Å². The monoisotopic (exact) mass is 250 g/mol. The summed E-state index contributed by atoms with van der Waals surface area (Å²) >= 11 is 0. The zero-order valence-electron chi connectivity index (χ0n) is 11.7. The third-order valence-electron chi connectivity index (χ3n) is 3.15. The third kappa shape index (κ3) is 3.23. The van der Waals surface area contributed by atoms with Crippen LogP contribution in [0.4, 0.5) is 0 Å². The molecule has 1 aromatic rings. The summed E-state index contributed by atoms with van der Waals surface area (Å²) in [7, 11) is 3.40. The van der Waals surface area contributed by atoms with Gasteiger partial charge >= 0.3 is 0 Å². The second-order valence-corrected chi connectivity index (χ2v) is 4.81. The van der Waals surface area contributed by atoms with Crippen molar-refractivity contribution in [2.75, 3.05) is 14.2 Å². The summed E-state index contributed by atoms with van der Waals surface area (Å²) in [5, 5.41) is 5.96. The molecule has 2 N–H and O–H groups in total. The van der Waals surface area contributed by atoms with Gasteiger partial charge in [-0.15, -0.1) is 0 Å². The van der Waals surface area contributed by atoms with E-state index in [0.29, 0.717) is 0 Å². The topological polar surface area (TPSA) is 50.4 Å². The maximum atomic E-state index is 12.1. The zero-order valence-corrected chi connectivity index (χ0v) is 11.7. The van der Waals surface area contributed by atoms with Crippen molar-refractivity contribution in [2.45, 2.75) is 32.4 Å². The van der Waals surface area contributed by atoms with Crippen LogP contribution in [-0.4, -0.2) is 25.6 Å². The van der Waals surface area contributed by atoms with Crippen molar-refractivity contribution in [1.29, 1.82) is 0 Å². The largest absolute Gasteiger partial charge is 0.496 e. The molecule has 1 rings (SSSR count). The number of likely N-dealkylation sites (N-methyl/N-ethyl adjacent to an activating group) is 1. The molecule has 4 nitrogen and oxygen atoms in total. The van der Waals surface area contributed by atoms with Crippen LogP contribution < -0.4 is 15.4 Å². The van der Waals surface area contributed by atoms with E-state index in [0.717, 1.165) is 11.3 Å². The molecule has 18 heavy (non-hydrogen) atoms. The molecule has 100 valence electrons. The number of nitrogens with one attached hydrogen (secondary N) is 2. The quantitative estimate of drug-likeness (QED) is 0.839. The fourth-order valence-electron chi connectivity index (χ4n) is 1.59. The normalized spacial score (nSPS) is 12.9. The first-order chi connectivity index (χ1) is 8.42. The number of benzene rings is 1. The van der Waals surface area contributed by atoms with E-state index in [2.05, 4.69) is 10.6 Å². The number of para-hydroxylation sites is 1. The number of hydrogen-bond donors (Lipinski definition) is 2. The van der Waals surface area contributed by atoms with Crippen molar-refractivity contribution in [3.05, 3.63) is 29.8 Å². The van der Waals surface area contributed by atoms with Crippen molar-refractivity contribution < 1.29 is 9.53 Å². The Morgan fingerprint density at radius 3 is 2.50 bits per heavy atom. The maximum Gasteiger partial charge on any atom is 0.240 e. The van der Waals surface area contributed by atoms with Crippen LogP contribution in [-0.2, 0) is 4.79 Å². The molecule has 0 bridgehead atoms. The Morgan fingerprint density at radius 1 is 1.33 bits per heavy atom. The van der Waals surface area contributed by atoms with Crippen LogP contribution in [0.5, 0.6) is 5.75 Å². The highest BCUT2D eigenvalue weighted by Crippen LogP contribution is 2.24. The van der Waals surface area contributed by atoms with Gasteiger partial charge in [0.2, 0.25) is 5.91 Å². The molecule has 0 radical (unpaired) electrons. The fourth-order valence-corrected chi connectivity index (χ4v) is 1.59. The SMILES string of the molecule is CNC(C)(C)C(=O)NC(C)c1ccccc1OC. The first-order valence-corrected chi connectivity index (χ1v) is 6.05. The Hall–Kier alpha value is -1.55. The van der Waals surface area contributed by atoms with Crippen molar-refractivity contribution in [2.24, 2.45) is 0 Å². The number of amides is 1. The van der Waals surface area contributed by atoms with Crippen LogP contribution in [0.15, 0.2) is 24.3 Å². The highest BCUT2D eigenvalue weighted by Gasteiger charge is 2.27. The standard InChI is InChI=1S/C14H22N2O2/c1-10(16-13(17)14(2,3)15-4)11-8-6-7-9-12(11)18-5/h6-10,15H,1-5H3,(H,16,17). The fraction of sp³-hybridized carbons (Fsp3) is 0.500. The van der Waals surface area contributed by atoms with E-state index in [-0.39, 0.29) is 11.9 Å². The molecular weight excluding hydrogens is 228 g/mol. The van der Waals surface area contributed by atoms with E-state index in [1.54, 1.807) is 14.2 Å². The smallest absolute Gasteiger partial charge is 0.240 e. The van der Waals surface area contributed by atoms with Gasteiger partial charge in [-0.25, -0.2) is 0 Å². The Morgan fingerprint density at radius 2 is 1.94 bits per heavy atom. The van der Waals surface area contributed by atoms with Gasteiger partial charge < -0.3 is 15.4 Å². The molecule has 0 aliphatic carbocycles. The lowest BCUT2D eigenvalue weighted by Gasteiger charge is -2.26. The summed E-state index contributed by atoms with van der Waals surface area (Å²) in [6, 6.07) is 7.59. The van der Waals surface area contributed by atoms with E-state index >= 15 is 0 Å². The predicted molar refractivity (Wildman–Crippen MR) is 72.7 cm³/mol. The second-order valence-electron chi connectivity index (χ2n) is 4.81. The molecule has 0 fully saturated rings. The van der Waals surface area contributed by atoms with Gasteiger partial charge in [-0.3, -0.25) is 4.79 Å². The number of hydrogen-bond acceptors (Lipinski definition) is 3. The van der Waals surface area contributed by atoms with Gasteiger partial charge in [-0.2, -0.15) is 0 Å². The average molecular weight is 250 g/mol. The minimum atomic E-state index is -0.587. The van der Waals surface area contributed by atoms with Crippen LogP contribution in [0.2, 0.25) is 0 Å². The number of methoxy groups -OCH3 is 1. The molecule has 0 aliphatic heterocycles. The number of carbonyl (C=O) groups is 1. The van der Waals surface area contributed by atoms with Gasteiger partial charge in [0.15, 0.2) is 0 Å². The Kier molecular flexibility index (Phi) is 4.73. The van der Waals surface area contributed by atoms with Gasteiger partial charge in [0.1, 0.15) is 5.75 Å². The Labute approximate surface area is 109 Å². The minimum absolute atomic E-state index is 0.0385. The zero-order chi connectivity index (χ0) is 13.8. The molecule has 1 aromatic carbocycles. The van der Waals surface area contributed by atoms with E-state index in [4.69, 9.17) is 4.74 Å². The summed E-state index contributed by atoms with van der Waals surface area (Å²) in [5.41, 5.74) is 0.385. The minimum Gasteiger partial charge on any atom is -0.496 e. The summed E-state index contributed by atoms with van der Waals surface area (Å²) in [6.07, 6.45) is 0. The summed E-state index contributed by atoms with van der Waals surface area (Å²) in [6.45, 7) is 5.63. The van der Waals surface area contributed by atoms with Gasteiger partial charge in [0.05, 0.1) is 18.7 Å². The highest BCUT2D eigenvalue weighted by atomic mass is 16.5. The van der Waals surface area contributed by atoms with E-state index < -0.39 is 5.54 Å². The lowest BCUT2D eigenvalue weighted by atomic mass is 10.0. The van der Waals surface area contributed by atoms with Crippen molar-refractivity contribution in [3.63, 3.8) is 0 Å². The molecule has 1 unspecified atom stereocenters. The molecule has 4 heteroatoms. The van der Waals surface area contributed by atoms with Crippen molar-refractivity contribution in [3.8, 4) is 5.75 Å². The highest BCUT2D eigenvalue weighted by molar-refractivity contribution is 5.85. The van der Waals surface area contributed by atoms with Crippen LogP contribution in [0.3, 0.4) is 0 Å². The molecule has 1 atom stereocenters.